The number of carbonyl (C=O) groups excluding carboxylic acids is 2. The number of hydrogen-bond donors (Lipinski definition) is 1. The lowest BCUT2D eigenvalue weighted by molar-refractivity contribution is -0.121. The molecule has 1 aromatic heterocycles. The van der Waals surface area contributed by atoms with E-state index in [0.717, 1.165) is 18.5 Å². The second-order valence-corrected chi connectivity index (χ2v) is 6.59. The van der Waals surface area contributed by atoms with Crippen molar-refractivity contribution in [2.75, 3.05) is 39.6 Å². The molecule has 2 heterocycles. The maximum Gasteiger partial charge on any atom is 0.319 e. The molecule has 10 heteroatoms. The summed E-state index contributed by atoms with van der Waals surface area (Å²) in [5.41, 5.74) is 1.28. The van der Waals surface area contributed by atoms with E-state index in [9.17, 15) is 9.59 Å². The van der Waals surface area contributed by atoms with Crippen molar-refractivity contribution in [1.82, 2.24) is 30.0 Å². The largest absolute Gasteiger partial charge is 0.494 e. The van der Waals surface area contributed by atoms with E-state index in [1.54, 1.807) is 37.2 Å². The first-order valence-corrected chi connectivity index (χ1v) is 8.68. The van der Waals surface area contributed by atoms with Gasteiger partial charge in [-0.1, -0.05) is 0 Å². The van der Waals surface area contributed by atoms with Gasteiger partial charge in [0.25, 0.3) is 0 Å². The monoisotopic (exact) mass is 373 g/mol. The third-order valence-electron chi connectivity index (χ3n) is 4.50. The SMILES string of the molecule is COc1cc(-n2cnnn2)ccc1NC(=O)C1CCCN(C(=O)N(C)C)C1. The summed E-state index contributed by atoms with van der Waals surface area (Å²) in [6, 6.07) is 5.21. The zero-order chi connectivity index (χ0) is 19.4. The van der Waals surface area contributed by atoms with Crippen molar-refractivity contribution in [1.29, 1.82) is 0 Å². The van der Waals surface area contributed by atoms with E-state index in [-0.39, 0.29) is 17.9 Å². The Bertz CT molecular complexity index is 807. The van der Waals surface area contributed by atoms with Gasteiger partial charge in [-0.3, -0.25) is 4.79 Å². The molecular weight excluding hydrogens is 350 g/mol. The minimum absolute atomic E-state index is 0.0733. The average Bonchev–Trinajstić information content (AvgIpc) is 3.22. The number of nitrogens with one attached hydrogen (secondary N) is 1. The third-order valence-corrected chi connectivity index (χ3v) is 4.50. The van der Waals surface area contributed by atoms with E-state index in [1.807, 2.05) is 0 Å². The quantitative estimate of drug-likeness (QED) is 0.857. The molecule has 144 valence electrons. The van der Waals surface area contributed by atoms with E-state index in [4.69, 9.17) is 4.74 Å². The first kappa shape index (κ1) is 18.6. The summed E-state index contributed by atoms with van der Waals surface area (Å²) in [4.78, 5) is 28.1. The van der Waals surface area contributed by atoms with Gasteiger partial charge >= 0.3 is 6.03 Å². The molecule has 0 bridgehead atoms. The molecule has 0 radical (unpaired) electrons. The zero-order valence-electron chi connectivity index (χ0n) is 15.6. The number of aromatic nitrogens is 4. The molecular formula is C17H23N7O3. The summed E-state index contributed by atoms with van der Waals surface area (Å²) in [6.07, 6.45) is 3.02. The van der Waals surface area contributed by atoms with Gasteiger partial charge in [0.2, 0.25) is 5.91 Å². The standard InChI is InChI=1S/C17H23N7O3/c1-22(2)17(26)23-8-4-5-12(10-23)16(25)19-14-7-6-13(9-15(14)27-3)24-11-18-20-21-24/h6-7,9,11-12H,4-5,8,10H2,1-3H3,(H,19,25). The Balaban J connectivity index is 1.71. The predicted octanol–water partition coefficient (Wildman–Crippen LogP) is 1.00. The van der Waals surface area contributed by atoms with E-state index < -0.39 is 0 Å². The van der Waals surface area contributed by atoms with E-state index >= 15 is 0 Å². The topological polar surface area (TPSA) is 105 Å². The molecule has 1 aliphatic rings. The molecule has 0 aliphatic carbocycles. The number of benzene rings is 1. The van der Waals surface area contributed by atoms with Gasteiger partial charge in [-0.2, -0.15) is 0 Å². The second kappa shape index (κ2) is 8.02. The Morgan fingerprint density at radius 2 is 2.15 bits per heavy atom. The molecule has 1 aromatic carbocycles. The number of tetrazole rings is 1. The van der Waals surface area contributed by atoms with E-state index in [0.29, 0.717) is 24.5 Å². The number of methoxy groups -OCH3 is 1. The van der Waals surface area contributed by atoms with Crippen LogP contribution in [0.3, 0.4) is 0 Å². The van der Waals surface area contributed by atoms with E-state index in [1.165, 1.54) is 23.0 Å². The van der Waals surface area contributed by atoms with Gasteiger partial charge in [0.15, 0.2) is 0 Å². The fraction of sp³-hybridized carbons (Fsp3) is 0.471. The first-order valence-electron chi connectivity index (χ1n) is 8.68. The normalized spacial score (nSPS) is 16.7. The van der Waals surface area contributed by atoms with Crippen LogP contribution in [0.15, 0.2) is 24.5 Å². The molecule has 27 heavy (non-hydrogen) atoms. The van der Waals surface area contributed by atoms with Crippen LogP contribution in [0, 0.1) is 5.92 Å². The minimum atomic E-state index is -0.258. The molecule has 0 spiro atoms. The number of piperidine rings is 1. The van der Waals surface area contributed by atoms with Crippen LogP contribution in [-0.2, 0) is 4.79 Å². The molecule has 1 saturated heterocycles. The lowest BCUT2D eigenvalue weighted by atomic mass is 9.97. The molecule has 1 aliphatic heterocycles. The Hall–Kier alpha value is -3.17. The third kappa shape index (κ3) is 4.15. The molecule has 0 saturated carbocycles. The van der Waals surface area contributed by atoms with Crippen LogP contribution < -0.4 is 10.1 Å². The van der Waals surface area contributed by atoms with Crippen LogP contribution in [-0.4, -0.2) is 76.2 Å². The molecule has 1 atom stereocenters. The molecule has 10 nitrogen and oxygen atoms in total. The summed E-state index contributed by atoms with van der Waals surface area (Å²) < 4.78 is 6.90. The number of urea groups is 1. The molecule has 1 unspecified atom stereocenters. The number of ether oxygens (including phenoxy) is 1. The number of likely N-dealkylation sites (tertiary alicyclic amines) is 1. The van der Waals surface area contributed by atoms with Gasteiger partial charge in [-0.05, 0) is 35.4 Å². The van der Waals surface area contributed by atoms with Crippen molar-refractivity contribution in [3.05, 3.63) is 24.5 Å². The fourth-order valence-corrected chi connectivity index (χ4v) is 3.09. The summed E-state index contributed by atoms with van der Waals surface area (Å²) in [5.74, 6) is 0.125. The Kier molecular flexibility index (Phi) is 5.53. The molecule has 1 fully saturated rings. The number of nitrogens with zero attached hydrogens (tertiary/aromatic N) is 6. The Morgan fingerprint density at radius 1 is 1.33 bits per heavy atom. The van der Waals surface area contributed by atoms with Crippen LogP contribution in [0.1, 0.15) is 12.8 Å². The van der Waals surface area contributed by atoms with Crippen LogP contribution >= 0.6 is 0 Å². The molecule has 3 amide bonds. The summed E-state index contributed by atoms with van der Waals surface area (Å²) >= 11 is 0. The van der Waals surface area contributed by atoms with Crippen molar-refractivity contribution < 1.29 is 14.3 Å². The number of hydrogen-bond acceptors (Lipinski definition) is 6. The lowest BCUT2D eigenvalue weighted by Gasteiger charge is -2.33. The van der Waals surface area contributed by atoms with Gasteiger partial charge < -0.3 is 19.9 Å². The number of anilines is 1. The molecule has 1 N–H and O–H groups in total. The maximum absolute atomic E-state index is 12.7. The minimum Gasteiger partial charge on any atom is -0.494 e. The van der Waals surface area contributed by atoms with Crippen LogP contribution in [0.2, 0.25) is 0 Å². The predicted molar refractivity (Wildman–Crippen MR) is 97.7 cm³/mol. The highest BCUT2D eigenvalue weighted by Crippen LogP contribution is 2.28. The number of carbonyl (C=O) groups is 2. The lowest BCUT2D eigenvalue weighted by Crippen LogP contribution is -2.47. The van der Waals surface area contributed by atoms with Crippen molar-refractivity contribution in [3.8, 4) is 11.4 Å². The van der Waals surface area contributed by atoms with Gasteiger partial charge in [0.1, 0.15) is 12.1 Å². The van der Waals surface area contributed by atoms with Gasteiger partial charge in [-0.15, -0.1) is 5.10 Å². The highest BCUT2D eigenvalue weighted by Gasteiger charge is 2.29. The second-order valence-electron chi connectivity index (χ2n) is 6.59. The first-order chi connectivity index (χ1) is 13.0. The summed E-state index contributed by atoms with van der Waals surface area (Å²) in [6.45, 7) is 1.08. The summed E-state index contributed by atoms with van der Waals surface area (Å²) in [5, 5.41) is 14.0. The van der Waals surface area contributed by atoms with Gasteiger partial charge in [0, 0.05) is 33.3 Å². The van der Waals surface area contributed by atoms with Gasteiger partial charge in [-0.25, -0.2) is 9.48 Å². The highest BCUT2D eigenvalue weighted by atomic mass is 16.5. The van der Waals surface area contributed by atoms with Crippen molar-refractivity contribution >= 4 is 17.6 Å². The Labute approximate surface area is 157 Å². The summed E-state index contributed by atoms with van der Waals surface area (Å²) in [7, 11) is 4.96. The zero-order valence-corrected chi connectivity index (χ0v) is 15.6. The molecule has 2 aromatic rings. The molecule has 3 rings (SSSR count). The number of amides is 3. The average molecular weight is 373 g/mol. The van der Waals surface area contributed by atoms with Crippen molar-refractivity contribution in [3.63, 3.8) is 0 Å². The Morgan fingerprint density at radius 3 is 2.81 bits per heavy atom. The van der Waals surface area contributed by atoms with Crippen LogP contribution in [0.25, 0.3) is 5.69 Å². The van der Waals surface area contributed by atoms with Gasteiger partial charge in [0.05, 0.1) is 24.4 Å². The van der Waals surface area contributed by atoms with E-state index in [2.05, 4.69) is 20.8 Å². The number of rotatable bonds is 4. The van der Waals surface area contributed by atoms with Crippen molar-refractivity contribution in [2.24, 2.45) is 5.92 Å². The smallest absolute Gasteiger partial charge is 0.319 e. The maximum atomic E-state index is 12.7. The van der Waals surface area contributed by atoms with Crippen LogP contribution in [0.4, 0.5) is 10.5 Å². The van der Waals surface area contributed by atoms with Crippen LogP contribution in [0.5, 0.6) is 5.75 Å². The fourth-order valence-electron chi connectivity index (χ4n) is 3.09. The van der Waals surface area contributed by atoms with Crippen molar-refractivity contribution in [2.45, 2.75) is 12.8 Å². The highest BCUT2D eigenvalue weighted by molar-refractivity contribution is 5.94.